The van der Waals surface area contributed by atoms with Gasteiger partial charge < -0.3 is 10.8 Å². The second-order valence-corrected chi connectivity index (χ2v) is 5.40. The highest BCUT2D eigenvalue weighted by molar-refractivity contribution is 5.34. The predicted molar refractivity (Wildman–Crippen MR) is 59.6 cm³/mol. The van der Waals surface area contributed by atoms with Crippen molar-refractivity contribution in [1.82, 2.24) is 9.78 Å². The quantitative estimate of drug-likeness (QED) is 0.736. The second kappa shape index (κ2) is 3.23. The van der Waals surface area contributed by atoms with E-state index in [-0.39, 0.29) is 11.6 Å². The van der Waals surface area contributed by atoms with Gasteiger partial charge in [-0.15, -0.1) is 0 Å². The molecule has 0 atom stereocenters. The molecule has 1 aliphatic carbocycles. The lowest BCUT2D eigenvalue weighted by atomic mass is 9.80. The number of aliphatic hydroxyl groups is 1. The number of hydrogen-bond donors (Lipinski definition) is 2. The molecule has 0 aromatic carbocycles. The first kappa shape index (κ1) is 10.5. The van der Waals surface area contributed by atoms with Crippen molar-refractivity contribution in [2.24, 2.45) is 0 Å². The van der Waals surface area contributed by atoms with E-state index in [4.69, 9.17) is 5.73 Å². The molecule has 0 radical (unpaired) electrons. The Bertz CT molecular complexity index is 358. The van der Waals surface area contributed by atoms with Crippen molar-refractivity contribution in [3.8, 4) is 0 Å². The third-order valence-corrected chi connectivity index (χ3v) is 2.92. The fourth-order valence-corrected chi connectivity index (χ4v) is 1.98. The van der Waals surface area contributed by atoms with Crippen molar-refractivity contribution in [3.05, 3.63) is 11.8 Å². The van der Waals surface area contributed by atoms with Gasteiger partial charge in [0.15, 0.2) is 0 Å². The standard InChI is InChI=1S/C11H19N3O/c1-11(2,3)14-10(12)6-9(13-14)7-4-8(15)5-7/h6-8,15H,4-5,12H2,1-3H3. The summed E-state index contributed by atoms with van der Waals surface area (Å²) in [6.07, 6.45) is 1.50. The molecule has 0 spiro atoms. The van der Waals surface area contributed by atoms with E-state index in [9.17, 15) is 5.11 Å². The smallest absolute Gasteiger partial charge is 0.122 e. The molecule has 4 heteroatoms. The summed E-state index contributed by atoms with van der Waals surface area (Å²) in [7, 11) is 0. The third-order valence-electron chi connectivity index (χ3n) is 2.92. The molecule has 0 amide bonds. The molecule has 0 unspecified atom stereocenters. The van der Waals surface area contributed by atoms with Crippen LogP contribution in [0.1, 0.15) is 45.2 Å². The highest BCUT2D eigenvalue weighted by Gasteiger charge is 2.31. The third kappa shape index (κ3) is 1.86. The average Bonchev–Trinajstić information content (AvgIpc) is 2.40. The monoisotopic (exact) mass is 209 g/mol. The fourth-order valence-electron chi connectivity index (χ4n) is 1.98. The van der Waals surface area contributed by atoms with Gasteiger partial charge in [-0.3, -0.25) is 0 Å². The number of aromatic nitrogens is 2. The van der Waals surface area contributed by atoms with E-state index in [1.54, 1.807) is 0 Å². The minimum Gasteiger partial charge on any atom is -0.393 e. The number of nitrogens with two attached hydrogens (primary N) is 1. The number of nitrogens with zero attached hydrogens (tertiary/aromatic N) is 2. The number of nitrogen functional groups attached to an aromatic ring is 1. The van der Waals surface area contributed by atoms with Crippen molar-refractivity contribution < 1.29 is 5.11 Å². The van der Waals surface area contributed by atoms with Crippen LogP contribution >= 0.6 is 0 Å². The van der Waals surface area contributed by atoms with Gasteiger partial charge in [0.05, 0.1) is 17.3 Å². The molecular formula is C11H19N3O. The maximum Gasteiger partial charge on any atom is 0.122 e. The lowest BCUT2D eigenvalue weighted by Gasteiger charge is -2.30. The molecule has 0 saturated heterocycles. The Balaban J connectivity index is 2.22. The van der Waals surface area contributed by atoms with Crippen molar-refractivity contribution in [3.63, 3.8) is 0 Å². The molecule has 15 heavy (non-hydrogen) atoms. The Labute approximate surface area is 90.1 Å². The summed E-state index contributed by atoms with van der Waals surface area (Å²) >= 11 is 0. The molecular weight excluding hydrogens is 190 g/mol. The molecule has 0 bridgehead atoms. The molecule has 3 N–H and O–H groups in total. The van der Waals surface area contributed by atoms with E-state index < -0.39 is 0 Å². The number of rotatable bonds is 1. The van der Waals surface area contributed by atoms with Crippen LogP contribution in [-0.2, 0) is 5.54 Å². The number of hydrogen-bond acceptors (Lipinski definition) is 3. The predicted octanol–water partition coefficient (Wildman–Crippen LogP) is 1.46. The van der Waals surface area contributed by atoms with Gasteiger partial charge in [0.1, 0.15) is 5.82 Å². The van der Waals surface area contributed by atoms with Crippen LogP contribution in [0.25, 0.3) is 0 Å². The minimum absolute atomic E-state index is 0.0787. The van der Waals surface area contributed by atoms with Gasteiger partial charge >= 0.3 is 0 Å². The first-order valence-corrected chi connectivity index (χ1v) is 5.42. The van der Waals surface area contributed by atoms with Crippen LogP contribution in [0, 0.1) is 0 Å². The topological polar surface area (TPSA) is 64.1 Å². The Morgan fingerprint density at radius 2 is 2.07 bits per heavy atom. The molecule has 4 nitrogen and oxygen atoms in total. The summed E-state index contributed by atoms with van der Waals surface area (Å²) in [6.45, 7) is 6.24. The summed E-state index contributed by atoms with van der Waals surface area (Å²) in [4.78, 5) is 0. The zero-order valence-corrected chi connectivity index (χ0v) is 9.57. The molecule has 1 fully saturated rings. The van der Waals surface area contributed by atoms with E-state index in [1.165, 1.54) is 0 Å². The second-order valence-electron chi connectivity index (χ2n) is 5.40. The zero-order valence-electron chi connectivity index (χ0n) is 9.57. The molecule has 1 aromatic heterocycles. The molecule has 1 saturated carbocycles. The van der Waals surface area contributed by atoms with Gasteiger partial charge in [0, 0.05) is 12.0 Å². The zero-order chi connectivity index (χ0) is 11.2. The largest absolute Gasteiger partial charge is 0.393 e. The Morgan fingerprint density at radius 1 is 1.47 bits per heavy atom. The molecule has 0 aliphatic heterocycles. The molecule has 1 aliphatic rings. The number of aliphatic hydroxyl groups excluding tert-OH is 1. The molecule has 1 heterocycles. The Morgan fingerprint density at radius 3 is 2.47 bits per heavy atom. The lowest BCUT2D eigenvalue weighted by Crippen LogP contribution is -2.28. The van der Waals surface area contributed by atoms with Gasteiger partial charge in [0.25, 0.3) is 0 Å². The summed E-state index contributed by atoms with van der Waals surface area (Å²) in [5, 5.41) is 13.8. The van der Waals surface area contributed by atoms with E-state index >= 15 is 0 Å². The van der Waals surface area contributed by atoms with Crippen LogP contribution in [0.15, 0.2) is 6.07 Å². The molecule has 2 rings (SSSR count). The van der Waals surface area contributed by atoms with Crippen LogP contribution in [0.3, 0.4) is 0 Å². The van der Waals surface area contributed by atoms with E-state index in [0.717, 1.165) is 18.5 Å². The van der Waals surface area contributed by atoms with Crippen molar-refractivity contribution >= 4 is 5.82 Å². The highest BCUT2D eigenvalue weighted by Crippen LogP contribution is 2.37. The van der Waals surface area contributed by atoms with Gasteiger partial charge in [-0.1, -0.05) is 0 Å². The highest BCUT2D eigenvalue weighted by atomic mass is 16.3. The summed E-state index contributed by atoms with van der Waals surface area (Å²) in [6, 6.07) is 1.93. The Kier molecular flexibility index (Phi) is 2.26. The SMILES string of the molecule is CC(C)(C)n1nc(C2CC(O)C2)cc1N. The van der Waals surface area contributed by atoms with Gasteiger partial charge in [-0.05, 0) is 33.6 Å². The van der Waals surface area contributed by atoms with E-state index in [0.29, 0.717) is 11.7 Å². The van der Waals surface area contributed by atoms with Crippen LogP contribution in [0.5, 0.6) is 0 Å². The Hall–Kier alpha value is -1.03. The number of anilines is 1. The van der Waals surface area contributed by atoms with Crippen molar-refractivity contribution in [2.45, 2.75) is 51.2 Å². The van der Waals surface area contributed by atoms with Crippen molar-refractivity contribution in [2.75, 3.05) is 5.73 Å². The van der Waals surface area contributed by atoms with Crippen LogP contribution in [-0.4, -0.2) is 21.0 Å². The normalized spacial score (nSPS) is 26.4. The van der Waals surface area contributed by atoms with E-state index in [1.807, 2.05) is 10.7 Å². The molecule has 84 valence electrons. The van der Waals surface area contributed by atoms with E-state index in [2.05, 4.69) is 25.9 Å². The van der Waals surface area contributed by atoms with Gasteiger partial charge in [-0.25, -0.2) is 4.68 Å². The first-order valence-electron chi connectivity index (χ1n) is 5.42. The van der Waals surface area contributed by atoms with Crippen LogP contribution < -0.4 is 5.73 Å². The maximum absolute atomic E-state index is 9.25. The summed E-state index contributed by atoms with van der Waals surface area (Å²) in [5.41, 5.74) is 6.86. The van der Waals surface area contributed by atoms with Gasteiger partial charge in [-0.2, -0.15) is 5.10 Å². The van der Waals surface area contributed by atoms with Crippen LogP contribution in [0.2, 0.25) is 0 Å². The summed E-state index contributed by atoms with van der Waals surface area (Å²) in [5.74, 6) is 1.10. The lowest BCUT2D eigenvalue weighted by molar-refractivity contribution is 0.0728. The van der Waals surface area contributed by atoms with Crippen LogP contribution in [0.4, 0.5) is 5.82 Å². The minimum atomic E-state index is -0.143. The van der Waals surface area contributed by atoms with Crippen molar-refractivity contribution in [1.29, 1.82) is 0 Å². The summed E-state index contributed by atoms with van der Waals surface area (Å²) < 4.78 is 1.85. The maximum atomic E-state index is 9.25. The van der Waals surface area contributed by atoms with Gasteiger partial charge in [0.2, 0.25) is 0 Å². The fraction of sp³-hybridized carbons (Fsp3) is 0.727. The average molecular weight is 209 g/mol. The molecule has 1 aromatic rings. The first-order chi connectivity index (χ1) is 6.88.